The first-order valence-corrected chi connectivity index (χ1v) is 7.02. The van der Waals surface area contributed by atoms with Crippen LogP contribution in [0.2, 0.25) is 0 Å². The first-order valence-electron chi connectivity index (χ1n) is 6.14. The van der Waals surface area contributed by atoms with E-state index in [1.54, 1.807) is 18.7 Å². The number of hydrogen-bond acceptors (Lipinski definition) is 6. The molecule has 0 aliphatic heterocycles. The molecule has 2 atom stereocenters. The van der Waals surface area contributed by atoms with Gasteiger partial charge < -0.3 is 5.11 Å². The highest BCUT2D eigenvalue weighted by Crippen LogP contribution is 2.27. The predicted molar refractivity (Wildman–Crippen MR) is 73.0 cm³/mol. The van der Waals surface area contributed by atoms with E-state index in [1.807, 2.05) is 20.8 Å². The molecule has 0 fully saturated rings. The summed E-state index contributed by atoms with van der Waals surface area (Å²) in [4.78, 5) is 11.4. The number of aliphatic carboxylic acids is 1. The lowest BCUT2D eigenvalue weighted by atomic mass is 9.95. The normalized spacial score (nSPS) is 16.3. The van der Waals surface area contributed by atoms with Crippen molar-refractivity contribution in [2.75, 3.05) is 0 Å². The second-order valence-electron chi connectivity index (χ2n) is 5.15. The zero-order chi connectivity index (χ0) is 14.6. The van der Waals surface area contributed by atoms with E-state index in [9.17, 15) is 9.90 Å². The Morgan fingerprint density at radius 1 is 1.53 bits per heavy atom. The molecule has 0 radical (unpaired) electrons. The van der Waals surface area contributed by atoms with Crippen LogP contribution in [0.1, 0.15) is 34.1 Å². The molecule has 0 saturated carbocycles. The van der Waals surface area contributed by atoms with Crippen molar-refractivity contribution < 1.29 is 9.90 Å². The molecule has 2 unspecified atom stereocenters. The maximum absolute atomic E-state index is 11.4. The third-order valence-electron chi connectivity index (χ3n) is 2.66. The van der Waals surface area contributed by atoms with Crippen molar-refractivity contribution in [2.45, 2.75) is 56.1 Å². The molecule has 1 aromatic rings. The zero-order valence-electron chi connectivity index (χ0n) is 11.9. The average Bonchev–Trinajstić information content (AvgIpc) is 2.62. The Hall–Kier alpha value is -1.15. The van der Waals surface area contributed by atoms with Crippen molar-refractivity contribution in [3.05, 3.63) is 0 Å². The average molecular weight is 287 g/mol. The number of hydrogen-bond donors (Lipinski definition) is 2. The van der Waals surface area contributed by atoms with Gasteiger partial charge in [0.1, 0.15) is 5.54 Å². The van der Waals surface area contributed by atoms with E-state index in [4.69, 9.17) is 0 Å². The third-order valence-corrected chi connectivity index (χ3v) is 3.79. The first kappa shape index (κ1) is 15.9. The summed E-state index contributed by atoms with van der Waals surface area (Å²) in [5, 5.41) is 24.5. The Morgan fingerprint density at radius 2 is 2.16 bits per heavy atom. The van der Waals surface area contributed by atoms with Crippen molar-refractivity contribution in [1.82, 2.24) is 25.5 Å². The SMILES string of the molecule is CC(C)NC(C)(CC(C)Sc1nnnn1C)C(=O)O. The van der Waals surface area contributed by atoms with Crippen LogP contribution >= 0.6 is 11.8 Å². The van der Waals surface area contributed by atoms with Crippen LogP contribution in [0.25, 0.3) is 0 Å². The van der Waals surface area contributed by atoms with Crippen molar-refractivity contribution in [2.24, 2.45) is 7.05 Å². The van der Waals surface area contributed by atoms with E-state index >= 15 is 0 Å². The van der Waals surface area contributed by atoms with Gasteiger partial charge in [-0.05, 0) is 37.6 Å². The van der Waals surface area contributed by atoms with Crippen LogP contribution < -0.4 is 5.32 Å². The minimum atomic E-state index is -0.952. The molecule has 1 rings (SSSR count). The number of tetrazole rings is 1. The number of nitrogens with zero attached hydrogens (tertiary/aromatic N) is 4. The van der Waals surface area contributed by atoms with Gasteiger partial charge in [-0.2, -0.15) is 0 Å². The fraction of sp³-hybridized carbons (Fsp3) is 0.818. The molecule has 19 heavy (non-hydrogen) atoms. The molecule has 0 bridgehead atoms. The molecule has 0 spiro atoms. The maximum atomic E-state index is 11.4. The lowest BCUT2D eigenvalue weighted by Crippen LogP contribution is -2.53. The predicted octanol–water partition coefficient (Wildman–Crippen LogP) is 0.922. The summed E-state index contributed by atoms with van der Waals surface area (Å²) in [6, 6.07) is 0.106. The summed E-state index contributed by atoms with van der Waals surface area (Å²) < 4.78 is 1.58. The molecule has 1 heterocycles. The van der Waals surface area contributed by atoms with Gasteiger partial charge in [-0.15, -0.1) is 5.10 Å². The molecular formula is C11H21N5O2S. The largest absolute Gasteiger partial charge is 0.480 e. The Labute approximate surface area is 117 Å². The lowest BCUT2D eigenvalue weighted by Gasteiger charge is -2.30. The van der Waals surface area contributed by atoms with E-state index < -0.39 is 11.5 Å². The highest BCUT2D eigenvalue weighted by atomic mass is 32.2. The number of carboxylic acids is 1. The quantitative estimate of drug-likeness (QED) is 0.720. The van der Waals surface area contributed by atoms with Gasteiger partial charge in [0.25, 0.3) is 0 Å². The molecule has 0 aliphatic rings. The number of aryl methyl sites for hydroxylation is 1. The van der Waals surface area contributed by atoms with Crippen LogP contribution in [0.4, 0.5) is 0 Å². The number of nitrogens with one attached hydrogen (secondary N) is 1. The number of rotatable bonds is 7. The maximum Gasteiger partial charge on any atom is 0.323 e. The van der Waals surface area contributed by atoms with Crippen LogP contribution in [-0.2, 0) is 11.8 Å². The fourth-order valence-corrected chi connectivity index (χ4v) is 3.01. The minimum Gasteiger partial charge on any atom is -0.480 e. The van der Waals surface area contributed by atoms with Gasteiger partial charge in [0.15, 0.2) is 0 Å². The molecule has 0 aliphatic carbocycles. The van der Waals surface area contributed by atoms with Crippen molar-refractivity contribution in [3.63, 3.8) is 0 Å². The summed E-state index contributed by atoms with van der Waals surface area (Å²) in [5.41, 5.74) is -0.952. The molecule has 0 aromatic carbocycles. The van der Waals surface area contributed by atoms with E-state index in [1.165, 1.54) is 11.8 Å². The second-order valence-corrected chi connectivity index (χ2v) is 6.56. The van der Waals surface area contributed by atoms with Gasteiger partial charge >= 0.3 is 5.97 Å². The minimum absolute atomic E-state index is 0.0806. The van der Waals surface area contributed by atoms with Gasteiger partial charge in [-0.25, -0.2) is 4.68 Å². The Bertz CT molecular complexity index is 436. The Balaban J connectivity index is 2.69. The summed E-state index contributed by atoms with van der Waals surface area (Å²) in [5.74, 6) is -0.843. The summed E-state index contributed by atoms with van der Waals surface area (Å²) in [6.45, 7) is 7.56. The second kappa shape index (κ2) is 6.33. The Kier molecular flexibility index (Phi) is 5.30. The lowest BCUT2D eigenvalue weighted by molar-refractivity contribution is -0.144. The van der Waals surface area contributed by atoms with Gasteiger partial charge in [-0.3, -0.25) is 10.1 Å². The topological polar surface area (TPSA) is 92.9 Å². The molecule has 0 saturated heterocycles. The number of aromatic nitrogens is 4. The fourth-order valence-electron chi connectivity index (χ4n) is 1.96. The van der Waals surface area contributed by atoms with E-state index in [0.717, 1.165) is 0 Å². The van der Waals surface area contributed by atoms with Gasteiger partial charge in [-0.1, -0.05) is 18.7 Å². The molecule has 8 heteroatoms. The molecule has 7 nitrogen and oxygen atoms in total. The van der Waals surface area contributed by atoms with Gasteiger partial charge in [0.05, 0.1) is 0 Å². The standard InChI is InChI=1S/C11H21N5O2S/c1-7(2)12-11(4,9(17)18)6-8(3)19-10-13-14-15-16(10)5/h7-8,12H,6H2,1-5H3,(H,17,18). The van der Waals surface area contributed by atoms with Crippen LogP contribution in [0.5, 0.6) is 0 Å². The number of carboxylic acid groups (broad SMARTS) is 1. The van der Waals surface area contributed by atoms with Crippen LogP contribution in [-0.4, -0.2) is 48.1 Å². The smallest absolute Gasteiger partial charge is 0.323 e. The van der Waals surface area contributed by atoms with Crippen molar-refractivity contribution in [3.8, 4) is 0 Å². The molecule has 2 N–H and O–H groups in total. The van der Waals surface area contributed by atoms with Crippen LogP contribution in [0.15, 0.2) is 5.16 Å². The Morgan fingerprint density at radius 3 is 2.58 bits per heavy atom. The summed E-state index contributed by atoms with van der Waals surface area (Å²) in [6.07, 6.45) is 0.484. The van der Waals surface area contributed by atoms with E-state index in [2.05, 4.69) is 20.8 Å². The third kappa shape index (κ3) is 4.46. The van der Waals surface area contributed by atoms with Crippen molar-refractivity contribution >= 4 is 17.7 Å². The monoisotopic (exact) mass is 287 g/mol. The zero-order valence-corrected chi connectivity index (χ0v) is 12.7. The van der Waals surface area contributed by atoms with Gasteiger partial charge in [0.2, 0.25) is 5.16 Å². The molecule has 1 aromatic heterocycles. The molecule has 108 valence electrons. The molecular weight excluding hydrogens is 266 g/mol. The highest BCUT2D eigenvalue weighted by Gasteiger charge is 2.35. The number of thioether (sulfide) groups is 1. The van der Waals surface area contributed by atoms with Crippen LogP contribution in [0.3, 0.4) is 0 Å². The summed E-state index contributed by atoms with van der Waals surface area (Å²) >= 11 is 1.47. The number of carbonyl (C=O) groups is 1. The van der Waals surface area contributed by atoms with E-state index in [-0.39, 0.29) is 11.3 Å². The van der Waals surface area contributed by atoms with Gasteiger partial charge in [0, 0.05) is 18.3 Å². The molecule has 0 amide bonds. The van der Waals surface area contributed by atoms with Crippen LogP contribution in [0, 0.1) is 0 Å². The first-order chi connectivity index (χ1) is 8.74. The van der Waals surface area contributed by atoms with E-state index in [0.29, 0.717) is 11.6 Å². The highest BCUT2D eigenvalue weighted by molar-refractivity contribution is 7.99. The van der Waals surface area contributed by atoms with Crippen molar-refractivity contribution in [1.29, 1.82) is 0 Å². The summed E-state index contributed by atoms with van der Waals surface area (Å²) in [7, 11) is 1.76.